The normalized spacial score (nSPS) is 10.2. The van der Waals surface area contributed by atoms with Crippen LogP contribution in [0.1, 0.15) is 11.1 Å². The summed E-state index contributed by atoms with van der Waals surface area (Å²) in [5.41, 5.74) is 3.67. The number of anilines is 2. The molecule has 6 heteroatoms. The molecule has 0 saturated heterocycles. The highest BCUT2D eigenvalue weighted by molar-refractivity contribution is 5.92. The molecule has 6 nitrogen and oxygen atoms in total. The number of nitrogens with one attached hydrogen (secondary N) is 2. The molecule has 0 fully saturated rings. The molecule has 0 aliphatic carbocycles. The van der Waals surface area contributed by atoms with Gasteiger partial charge >= 0.3 is 0 Å². The lowest BCUT2D eigenvalue weighted by atomic mass is 10.2. The van der Waals surface area contributed by atoms with Crippen LogP contribution >= 0.6 is 0 Å². The third-order valence-electron chi connectivity index (χ3n) is 4.22. The average Bonchev–Trinajstić information content (AvgIpc) is 2.74. The van der Waals surface area contributed by atoms with Crippen LogP contribution in [0.25, 0.3) is 0 Å². The van der Waals surface area contributed by atoms with Crippen LogP contribution in [-0.2, 0) is 9.59 Å². The van der Waals surface area contributed by atoms with E-state index in [0.29, 0.717) is 22.9 Å². The highest BCUT2D eigenvalue weighted by Crippen LogP contribution is 2.19. The van der Waals surface area contributed by atoms with Gasteiger partial charge in [-0.05, 0) is 50.2 Å². The number of rotatable bonds is 8. The Balaban J connectivity index is 1.45. The monoisotopic (exact) mass is 404 g/mol. The van der Waals surface area contributed by atoms with Gasteiger partial charge in [0.25, 0.3) is 11.8 Å². The van der Waals surface area contributed by atoms with Crippen molar-refractivity contribution in [3.63, 3.8) is 0 Å². The first kappa shape index (κ1) is 20.9. The number of amides is 2. The molecule has 0 spiro atoms. The Bertz CT molecular complexity index is 920. The summed E-state index contributed by atoms with van der Waals surface area (Å²) in [6, 6.07) is 21.9. The number of benzene rings is 3. The zero-order valence-electron chi connectivity index (χ0n) is 17.0. The molecule has 30 heavy (non-hydrogen) atoms. The first-order chi connectivity index (χ1) is 14.5. The van der Waals surface area contributed by atoms with Crippen molar-refractivity contribution in [3.05, 3.63) is 83.9 Å². The summed E-state index contributed by atoms with van der Waals surface area (Å²) in [6.07, 6.45) is 0. The van der Waals surface area contributed by atoms with E-state index < -0.39 is 0 Å². The molecule has 0 radical (unpaired) electrons. The van der Waals surface area contributed by atoms with Gasteiger partial charge in [-0.25, -0.2) is 0 Å². The number of carbonyl (C=O) groups is 2. The molecule has 0 aliphatic rings. The van der Waals surface area contributed by atoms with E-state index in [2.05, 4.69) is 10.6 Å². The van der Waals surface area contributed by atoms with Crippen molar-refractivity contribution in [3.8, 4) is 11.5 Å². The standard InChI is InChI=1S/C24H24N2O4/c1-17-6-10-19(11-7-17)25-23(27)15-29-21-4-3-5-22(14-21)30-16-24(28)26-20-12-8-18(2)9-13-20/h3-14H,15-16H2,1-2H3,(H,25,27)(H,26,28). The van der Waals surface area contributed by atoms with Crippen LogP contribution in [0.4, 0.5) is 11.4 Å². The zero-order chi connectivity index (χ0) is 21.3. The van der Waals surface area contributed by atoms with Crippen LogP contribution in [-0.4, -0.2) is 25.0 Å². The highest BCUT2D eigenvalue weighted by atomic mass is 16.5. The van der Waals surface area contributed by atoms with Crippen LogP contribution in [0.2, 0.25) is 0 Å². The second-order valence-electron chi connectivity index (χ2n) is 6.88. The van der Waals surface area contributed by atoms with Gasteiger partial charge in [0.1, 0.15) is 11.5 Å². The van der Waals surface area contributed by atoms with Gasteiger partial charge in [-0.15, -0.1) is 0 Å². The number of ether oxygens (including phenoxy) is 2. The molecule has 2 amide bonds. The van der Waals surface area contributed by atoms with Gasteiger partial charge < -0.3 is 20.1 Å². The number of aryl methyl sites for hydroxylation is 2. The van der Waals surface area contributed by atoms with Gasteiger partial charge in [0.15, 0.2) is 13.2 Å². The Kier molecular flexibility index (Phi) is 7.05. The van der Waals surface area contributed by atoms with E-state index in [1.807, 2.05) is 62.4 Å². The smallest absolute Gasteiger partial charge is 0.262 e. The maximum atomic E-state index is 12.0. The van der Waals surface area contributed by atoms with Crippen molar-refractivity contribution in [2.24, 2.45) is 0 Å². The molecule has 3 aromatic carbocycles. The summed E-state index contributed by atoms with van der Waals surface area (Å²) in [4.78, 5) is 24.1. The Morgan fingerprint density at radius 3 is 1.47 bits per heavy atom. The van der Waals surface area contributed by atoms with Crippen molar-refractivity contribution in [1.82, 2.24) is 0 Å². The third kappa shape index (κ3) is 6.67. The molecular formula is C24H24N2O4. The van der Waals surface area contributed by atoms with Gasteiger partial charge in [-0.2, -0.15) is 0 Å². The van der Waals surface area contributed by atoms with E-state index in [9.17, 15) is 9.59 Å². The molecule has 3 rings (SSSR count). The summed E-state index contributed by atoms with van der Waals surface area (Å²) in [7, 11) is 0. The molecule has 0 heterocycles. The van der Waals surface area contributed by atoms with E-state index in [1.54, 1.807) is 24.3 Å². The molecule has 3 aromatic rings. The SMILES string of the molecule is Cc1ccc(NC(=O)COc2cccc(OCC(=O)Nc3ccc(C)cc3)c2)cc1. The van der Waals surface area contributed by atoms with Crippen LogP contribution in [0.5, 0.6) is 11.5 Å². The van der Waals surface area contributed by atoms with Crippen molar-refractivity contribution >= 4 is 23.2 Å². The van der Waals surface area contributed by atoms with Crippen molar-refractivity contribution in [2.75, 3.05) is 23.8 Å². The Morgan fingerprint density at radius 2 is 1.07 bits per heavy atom. The van der Waals surface area contributed by atoms with Gasteiger partial charge in [-0.1, -0.05) is 41.5 Å². The lowest BCUT2D eigenvalue weighted by Crippen LogP contribution is -2.20. The van der Waals surface area contributed by atoms with Crippen LogP contribution in [0, 0.1) is 13.8 Å². The predicted octanol–water partition coefficient (Wildman–Crippen LogP) is 4.34. The fourth-order valence-electron chi connectivity index (χ4n) is 2.62. The molecule has 0 bridgehead atoms. The summed E-state index contributed by atoms with van der Waals surface area (Å²) in [5, 5.41) is 5.55. The molecule has 0 saturated carbocycles. The van der Waals surface area contributed by atoms with E-state index >= 15 is 0 Å². The Hall–Kier alpha value is -3.80. The summed E-state index contributed by atoms with van der Waals surface area (Å²) in [5.74, 6) is 0.432. The maximum Gasteiger partial charge on any atom is 0.262 e. The minimum absolute atomic E-state index is 0.134. The third-order valence-corrected chi connectivity index (χ3v) is 4.22. The topological polar surface area (TPSA) is 76.7 Å². The van der Waals surface area contributed by atoms with Crippen molar-refractivity contribution in [2.45, 2.75) is 13.8 Å². The fraction of sp³-hybridized carbons (Fsp3) is 0.167. The van der Waals surface area contributed by atoms with Crippen LogP contribution in [0.15, 0.2) is 72.8 Å². The summed E-state index contributed by atoms with van der Waals surface area (Å²) < 4.78 is 11.1. The van der Waals surface area contributed by atoms with E-state index in [1.165, 1.54) is 0 Å². The lowest BCUT2D eigenvalue weighted by molar-refractivity contribution is -0.118. The first-order valence-electron chi connectivity index (χ1n) is 9.57. The van der Waals surface area contributed by atoms with Gasteiger partial charge in [0.05, 0.1) is 0 Å². The average molecular weight is 404 g/mol. The molecule has 0 atom stereocenters. The predicted molar refractivity (Wildman–Crippen MR) is 117 cm³/mol. The summed E-state index contributed by atoms with van der Waals surface area (Å²) >= 11 is 0. The van der Waals surface area contributed by atoms with Crippen LogP contribution in [0.3, 0.4) is 0 Å². The Labute approximate surface area is 175 Å². The molecule has 0 aromatic heterocycles. The van der Waals surface area contributed by atoms with Gasteiger partial charge in [0, 0.05) is 17.4 Å². The van der Waals surface area contributed by atoms with E-state index in [0.717, 1.165) is 11.1 Å². The largest absolute Gasteiger partial charge is 0.484 e. The summed E-state index contributed by atoms with van der Waals surface area (Å²) in [6.45, 7) is 3.70. The fourth-order valence-corrected chi connectivity index (χ4v) is 2.62. The highest BCUT2D eigenvalue weighted by Gasteiger charge is 2.07. The van der Waals surface area contributed by atoms with Gasteiger partial charge in [0.2, 0.25) is 0 Å². The minimum Gasteiger partial charge on any atom is -0.484 e. The zero-order valence-corrected chi connectivity index (χ0v) is 17.0. The minimum atomic E-state index is -0.261. The second-order valence-corrected chi connectivity index (χ2v) is 6.88. The lowest BCUT2D eigenvalue weighted by Gasteiger charge is -2.10. The van der Waals surface area contributed by atoms with E-state index in [-0.39, 0.29) is 25.0 Å². The van der Waals surface area contributed by atoms with Crippen LogP contribution < -0.4 is 20.1 Å². The molecular weight excluding hydrogens is 380 g/mol. The van der Waals surface area contributed by atoms with E-state index in [4.69, 9.17) is 9.47 Å². The molecule has 0 aliphatic heterocycles. The van der Waals surface area contributed by atoms with Gasteiger partial charge in [-0.3, -0.25) is 9.59 Å². The number of hydrogen-bond donors (Lipinski definition) is 2. The quantitative estimate of drug-likeness (QED) is 0.586. The Morgan fingerprint density at radius 1 is 0.667 bits per heavy atom. The maximum absolute atomic E-state index is 12.0. The molecule has 2 N–H and O–H groups in total. The second kappa shape index (κ2) is 10.1. The van der Waals surface area contributed by atoms with Crippen molar-refractivity contribution in [1.29, 1.82) is 0 Å². The molecule has 0 unspecified atom stereocenters. The van der Waals surface area contributed by atoms with Crippen molar-refractivity contribution < 1.29 is 19.1 Å². The first-order valence-corrected chi connectivity index (χ1v) is 9.57. The number of hydrogen-bond acceptors (Lipinski definition) is 4. The molecule has 154 valence electrons. The number of carbonyl (C=O) groups excluding carboxylic acids is 2.